The zero-order valence-corrected chi connectivity index (χ0v) is 14.5. The molecule has 1 aromatic carbocycles. The smallest absolute Gasteiger partial charge is 0.254 e. The van der Waals surface area contributed by atoms with Gasteiger partial charge in [-0.15, -0.1) is 0 Å². The number of benzene rings is 1. The van der Waals surface area contributed by atoms with Crippen LogP contribution in [0.15, 0.2) is 35.9 Å². The van der Waals surface area contributed by atoms with Crippen molar-refractivity contribution in [3.05, 3.63) is 41.5 Å². The Hall–Kier alpha value is -1.81. The highest BCUT2D eigenvalue weighted by Crippen LogP contribution is 2.28. The summed E-state index contributed by atoms with van der Waals surface area (Å²) in [7, 11) is 0. The van der Waals surface area contributed by atoms with Crippen molar-refractivity contribution >= 4 is 5.91 Å². The van der Waals surface area contributed by atoms with E-state index in [1.54, 1.807) is 30.9 Å². The number of allylic oxidation sites excluding steroid dienone is 1. The second kappa shape index (κ2) is 7.18. The Morgan fingerprint density at radius 2 is 2.17 bits per heavy atom. The fraction of sp³-hybridized carbons (Fsp3) is 0.526. The minimum absolute atomic E-state index is 0.0395. The van der Waals surface area contributed by atoms with Gasteiger partial charge in [0.2, 0.25) is 0 Å². The van der Waals surface area contributed by atoms with Gasteiger partial charge in [-0.25, -0.2) is 0 Å². The van der Waals surface area contributed by atoms with E-state index in [4.69, 9.17) is 4.74 Å². The van der Waals surface area contributed by atoms with Gasteiger partial charge in [0.15, 0.2) is 0 Å². The summed E-state index contributed by atoms with van der Waals surface area (Å²) in [6.45, 7) is 8.76. The maximum atomic E-state index is 12.8. The molecule has 1 fully saturated rings. The van der Waals surface area contributed by atoms with Crippen LogP contribution in [0, 0.1) is 0 Å². The number of nitrogens with zero attached hydrogens (tertiary/aromatic N) is 1. The van der Waals surface area contributed by atoms with Crippen LogP contribution in [0.25, 0.3) is 0 Å². The number of hydrogen-bond acceptors (Lipinski definition) is 3. The molecule has 1 aliphatic rings. The predicted molar refractivity (Wildman–Crippen MR) is 91.7 cm³/mol. The normalized spacial score (nSPS) is 18.0. The second-order valence-electron chi connectivity index (χ2n) is 6.93. The molecule has 1 saturated heterocycles. The van der Waals surface area contributed by atoms with Crippen molar-refractivity contribution in [1.29, 1.82) is 0 Å². The van der Waals surface area contributed by atoms with Crippen LogP contribution in [0.4, 0.5) is 0 Å². The van der Waals surface area contributed by atoms with E-state index < -0.39 is 5.60 Å². The zero-order chi connectivity index (χ0) is 17.0. The van der Waals surface area contributed by atoms with E-state index in [2.05, 4.69) is 0 Å². The maximum absolute atomic E-state index is 12.8. The van der Waals surface area contributed by atoms with Gasteiger partial charge < -0.3 is 14.7 Å². The summed E-state index contributed by atoms with van der Waals surface area (Å²) in [5.41, 5.74) is 0.919. The number of carbonyl (C=O) groups excluding carboxylic acids is 1. The fourth-order valence-corrected chi connectivity index (χ4v) is 2.93. The van der Waals surface area contributed by atoms with E-state index in [0.717, 1.165) is 12.8 Å². The molecule has 1 aliphatic heterocycles. The molecule has 126 valence electrons. The lowest BCUT2D eigenvalue weighted by Gasteiger charge is -2.33. The van der Waals surface area contributed by atoms with E-state index >= 15 is 0 Å². The first kappa shape index (κ1) is 17.5. The van der Waals surface area contributed by atoms with Crippen LogP contribution in [0.3, 0.4) is 0 Å². The summed E-state index contributed by atoms with van der Waals surface area (Å²) in [4.78, 5) is 14.6. The molecular formula is C19H27NO3. The molecule has 2 rings (SSSR count). The van der Waals surface area contributed by atoms with Crippen LogP contribution in [0.2, 0.25) is 0 Å². The Morgan fingerprint density at radius 3 is 2.83 bits per heavy atom. The highest BCUT2D eigenvalue weighted by molar-refractivity contribution is 5.95. The third kappa shape index (κ3) is 4.58. The molecule has 4 nitrogen and oxygen atoms in total. The van der Waals surface area contributed by atoms with Crippen LogP contribution >= 0.6 is 0 Å². The molecule has 23 heavy (non-hydrogen) atoms. The average molecular weight is 317 g/mol. The molecule has 0 aromatic heterocycles. The first-order valence-electron chi connectivity index (χ1n) is 8.18. The minimum Gasteiger partial charge on any atom is -0.490 e. The van der Waals surface area contributed by atoms with Gasteiger partial charge in [0, 0.05) is 12.1 Å². The lowest BCUT2D eigenvalue weighted by Crippen LogP contribution is -2.48. The van der Waals surface area contributed by atoms with Crippen molar-refractivity contribution in [2.24, 2.45) is 0 Å². The number of rotatable bonds is 5. The van der Waals surface area contributed by atoms with Gasteiger partial charge in [0.25, 0.3) is 5.91 Å². The molecule has 1 aromatic rings. The topological polar surface area (TPSA) is 49.8 Å². The molecule has 0 aliphatic carbocycles. The summed E-state index contributed by atoms with van der Waals surface area (Å²) >= 11 is 0. The number of likely N-dealkylation sites (tertiary alicyclic amines) is 1. The first-order chi connectivity index (χ1) is 10.8. The summed E-state index contributed by atoms with van der Waals surface area (Å²) in [6.07, 6.45) is 3.77. The lowest BCUT2D eigenvalue weighted by molar-refractivity contribution is 0.000328. The Labute approximate surface area is 138 Å². The predicted octanol–water partition coefficient (Wildman–Crippen LogP) is 3.41. The number of amides is 1. The molecular weight excluding hydrogens is 290 g/mol. The van der Waals surface area contributed by atoms with E-state index in [9.17, 15) is 9.90 Å². The van der Waals surface area contributed by atoms with E-state index in [1.807, 2.05) is 32.1 Å². The molecule has 1 N–H and O–H groups in total. The van der Waals surface area contributed by atoms with Gasteiger partial charge in [-0.2, -0.15) is 0 Å². The minimum atomic E-state index is -0.885. The highest BCUT2D eigenvalue weighted by atomic mass is 16.5. The van der Waals surface area contributed by atoms with E-state index in [0.29, 0.717) is 24.5 Å². The molecule has 0 spiro atoms. The average Bonchev–Trinajstić information content (AvgIpc) is 2.96. The molecule has 1 amide bonds. The quantitative estimate of drug-likeness (QED) is 0.847. The summed E-state index contributed by atoms with van der Waals surface area (Å²) < 4.78 is 5.67. The zero-order valence-electron chi connectivity index (χ0n) is 14.5. The SMILES string of the molecule is CC(C)=CCOc1cccc(C(=O)N2CCCC2C(C)(C)O)c1. The number of hydrogen-bond donors (Lipinski definition) is 1. The van der Waals surface area contributed by atoms with Crippen molar-refractivity contribution < 1.29 is 14.6 Å². The van der Waals surface area contributed by atoms with Crippen LogP contribution < -0.4 is 4.74 Å². The van der Waals surface area contributed by atoms with Crippen LogP contribution in [0.1, 0.15) is 50.9 Å². The Kier molecular flexibility index (Phi) is 5.47. The Morgan fingerprint density at radius 1 is 1.43 bits per heavy atom. The molecule has 0 radical (unpaired) electrons. The highest BCUT2D eigenvalue weighted by Gasteiger charge is 2.38. The molecule has 0 saturated carbocycles. The van der Waals surface area contributed by atoms with Gasteiger partial charge in [0.05, 0.1) is 11.6 Å². The number of ether oxygens (including phenoxy) is 1. The first-order valence-corrected chi connectivity index (χ1v) is 8.18. The van der Waals surface area contributed by atoms with Gasteiger partial charge in [-0.1, -0.05) is 11.6 Å². The van der Waals surface area contributed by atoms with Crippen molar-refractivity contribution in [1.82, 2.24) is 4.90 Å². The lowest BCUT2D eigenvalue weighted by atomic mass is 9.96. The van der Waals surface area contributed by atoms with Crippen molar-refractivity contribution in [3.63, 3.8) is 0 Å². The van der Waals surface area contributed by atoms with Gasteiger partial charge in [-0.3, -0.25) is 4.79 Å². The molecule has 1 unspecified atom stereocenters. The number of carbonyl (C=O) groups is 1. The fourth-order valence-electron chi connectivity index (χ4n) is 2.93. The Bertz CT molecular complexity index is 583. The summed E-state index contributed by atoms with van der Waals surface area (Å²) in [5, 5.41) is 10.3. The summed E-state index contributed by atoms with van der Waals surface area (Å²) in [5.74, 6) is 0.648. The van der Waals surface area contributed by atoms with E-state index in [-0.39, 0.29) is 11.9 Å². The molecule has 4 heteroatoms. The third-order valence-electron chi connectivity index (χ3n) is 4.15. The monoisotopic (exact) mass is 317 g/mol. The largest absolute Gasteiger partial charge is 0.490 e. The van der Waals surface area contributed by atoms with Gasteiger partial charge in [-0.05, 0) is 64.8 Å². The maximum Gasteiger partial charge on any atom is 0.254 e. The third-order valence-corrected chi connectivity index (χ3v) is 4.15. The molecule has 1 heterocycles. The van der Waals surface area contributed by atoms with Crippen LogP contribution in [0.5, 0.6) is 5.75 Å². The molecule has 1 atom stereocenters. The van der Waals surface area contributed by atoms with Crippen molar-refractivity contribution in [2.45, 2.75) is 52.2 Å². The summed E-state index contributed by atoms with van der Waals surface area (Å²) in [6, 6.07) is 7.13. The van der Waals surface area contributed by atoms with Crippen LogP contribution in [-0.4, -0.2) is 40.7 Å². The van der Waals surface area contributed by atoms with Gasteiger partial charge in [0.1, 0.15) is 12.4 Å². The standard InChI is InChI=1S/C19H27NO3/c1-14(2)10-12-23-16-8-5-7-15(13-16)18(21)20-11-6-9-17(20)19(3,4)22/h5,7-8,10,13,17,22H,6,9,11-12H2,1-4H3. The second-order valence-corrected chi connectivity index (χ2v) is 6.93. The van der Waals surface area contributed by atoms with Crippen molar-refractivity contribution in [2.75, 3.05) is 13.2 Å². The number of aliphatic hydroxyl groups is 1. The van der Waals surface area contributed by atoms with Gasteiger partial charge >= 0.3 is 0 Å². The Balaban J connectivity index is 2.12. The van der Waals surface area contributed by atoms with Crippen molar-refractivity contribution in [3.8, 4) is 5.75 Å². The van der Waals surface area contributed by atoms with E-state index in [1.165, 1.54) is 5.57 Å². The van der Waals surface area contributed by atoms with Crippen LogP contribution in [-0.2, 0) is 0 Å². The molecule has 0 bridgehead atoms.